The topological polar surface area (TPSA) is 55.8 Å². The molecule has 0 saturated heterocycles. The van der Waals surface area contributed by atoms with Crippen molar-refractivity contribution in [2.75, 3.05) is 6.61 Å². The van der Waals surface area contributed by atoms with Crippen LogP contribution in [0.2, 0.25) is 0 Å². The van der Waals surface area contributed by atoms with E-state index in [2.05, 4.69) is 67.3 Å². The molecule has 3 aliphatic rings. The predicted octanol–water partition coefficient (Wildman–Crippen LogP) is 9.29. The molecule has 0 radical (unpaired) electrons. The average Bonchev–Trinajstić information content (AvgIpc) is 2.97. The van der Waals surface area contributed by atoms with E-state index in [0.29, 0.717) is 43.1 Å². The van der Waals surface area contributed by atoms with E-state index in [9.17, 15) is 14.0 Å². The van der Waals surface area contributed by atoms with Crippen molar-refractivity contribution >= 4 is 34.2 Å². The predicted molar refractivity (Wildman–Crippen MR) is 186 cm³/mol. The van der Waals surface area contributed by atoms with Gasteiger partial charge in [-0.3, -0.25) is 9.59 Å². The molecule has 6 rings (SSSR count). The van der Waals surface area contributed by atoms with E-state index in [1.165, 1.54) is 6.07 Å². The molecular formula is C39H41FINO4. The van der Waals surface area contributed by atoms with Gasteiger partial charge in [0.05, 0.1) is 10.2 Å². The van der Waals surface area contributed by atoms with E-state index in [0.717, 1.165) is 50.1 Å². The van der Waals surface area contributed by atoms with Gasteiger partial charge in [0.25, 0.3) is 0 Å². The highest BCUT2D eigenvalue weighted by Gasteiger charge is 2.49. The van der Waals surface area contributed by atoms with Gasteiger partial charge >= 0.3 is 0 Å². The molecule has 0 aromatic heterocycles. The van der Waals surface area contributed by atoms with Crippen molar-refractivity contribution in [2.45, 2.75) is 79.4 Å². The number of allylic oxidation sites excluding steroid dienone is 4. The second-order valence-electron chi connectivity index (χ2n) is 14.3. The van der Waals surface area contributed by atoms with Crippen molar-refractivity contribution in [1.29, 1.82) is 0 Å². The van der Waals surface area contributed by atoms with Crippen LogP contribution in [-0.2, 0) is 22.7 Å². The first-order valence-corrected chi connectivity index (χ1v) is 17.1. The standard InChI is InChI=1S/C39H41FINO4/c1-6-45-33-17-26(16-28(41)37(33)46-23-25-14-10-11-15-27(25)40)34-35-29(18-38(2,3)20-31(35)43)42(22-24-12-8-7-9-13-24)30-19-39(4,5)21-32(44)36(30)34/h7-17,34H,6,18-23H2,1-5H3. The van der Waals surface area contributed by atoms with E-state index in [-0.39, 0.29) is 34.8 Å². The molecule has 0 N–H and O–H groups in total. The van der Waals surface area contributed by atoms with E-state index < -0.39 is 5.92 Å². The summed E-state index contributed by atoms with van der Waals surface area (Å²) in [4.78, 5) is 30.9. The SMILES string of the molecule is CCOc1cc(C2C3=C(CC(C)(C)CC3=O)N(Cc3ccccc3)C3=C2C(=O)CC(C)(C)C3)cc(I)c1OCc1ccccc1F. The summed E-state index contributed by atoms with van der Waals surface area (Å²) in [6.45, 7) is 11.6. The Morgan fingerprint density at radius 3 is 2.00 bits per heavy atom. The molecule has 1 aliphatic heterocycles. The molecule has 7 heteroatoms. The maximum atomic E-state index is 14.4. The number of nitrogens with zero attached hydrogens (tertiary/aromatic N) is 1. The molecule has 46 heavy (non-hydrogen) atoms. The Labute approximate surface area is 285 Å². The summed E-state index contributed by atoms with van der Waals surface area (Å²) in [6, 6.07) is 20.8. The van der Waals surface area contributed by atoms with Crippen LogP contribution in [0.3, 0.4) is 0 Å². The molecule has 1 heterocycles. The maximum Gasteiger partial charge on any atom is 0.174 e. The number of hydrogen-bond donors (Lipinski definition) is 0. The van der Waals surface area contributed by atoms with Gasteiger partial charge in [-0.05, 0) is 82.5 Å². The van der Waals surface area contributed by atoms with Crippen LogP contribution in [0.4, 0.5) is 4.39 Å². The van der Waals surface area contributed by atoms with Crippen LogP contribution in [0.1, 0.15) is 82.9 Å². The second kappa shape index (κ2) is 12.6. The van der Waals surface area contributed by atoms with Crippen LogP contribution in [0.15, 0.2) is 89.3 Å². The lowest BCUT2D eigenvalue weighted by atomic mass is 9.63. The summed E-state index contributed by atoms with van der Waals surface area (Å²) in [5.41, 5.74) is 5.49. The van der Waals surface area contributed by atoms with Gasteiger partial charge in [-0.15, -0.1) is 0 Å². The molecule has 0 amide bonds. The zero-order valence-corrected chi connectivity index (χ0v) is 29.4. The monoisotopic (exact) mass is 733 g/mol. The normalized spacial score (nSPS) is 19.2. The smallest absolute Gasteiger partial charge is 0.174 e. The minimum atomic E-state index is -0.502. The van der Waals surface area contributed by atoms with Gasteiger partial charge in [-0.25, -0.2) is 4.39 Å². The average molecular weight is 734 g/mol. The number of benzene rings is 3. The summed E-state index contributed by atoms with van der Waals surface area (Å²) in [7, 11) is 0. The van der Waals surface area contributed by atoms with Gasteiger partial charge in [-0.1, -0.05) is 76.2 Å². The van der Waals surface area contributed by atoms with Crippen LogP contribution < -0.4 is 9.47 Å². The first-order chi connectivity index (χ1) is 21.9. The third kappa shape index (κ3) is 6.40. The van der Waals surface area contributed by atoms with Crippen molar-refractivity contribution in [3.8, 4) is 11.5 Å². The van der Waals surface area contributed by atoms with Crippen LogP contribution in [-0.4, -0.2) is 23.1 Å². The van der Waals surface area contributed by atoms with E-state index >= 15 is 0 Å². The van der Waals surface area contributed by atoms with Crippen LogP contribution in [0.5, 0.6) is 11.5 Å². The third-order valence-electron chi connectivity index (χ3n) is 9.20. The van der Waals surface area contributed by atoms with E-state index in [4.69, 9.17) is 9.47 Å². The molecule has 3 aromatic carbocycles. The fourth-order valence-electron chi connectivity index (χ4n) is 7.26. The largest absolute Gasteiger partial charge is 0.490 e. The lowest BCUT2D eigenvalue weighted by molar-refractivity contribution is -0.119. The fraction of sp³-hybridized carbons (Fsp3) is 0.385. The Morgan fingerprint density at radius 1 is 0.826 bits per heavy atom. The number of hydrogen-bond acceptors (Lipinski definition) is 5. The first-order valence-electron chi connectivity index (χ1n) is 16.0. The van der Waals surface area contributed by atoms with Gasteiger partial charge in [0.1, 0.15) is 12.4 Å². The van der Waals surface area contributed by atoms with Gasteiger partial charge < -0.3 is 14.4 Å². The molecule has 0 fully saturated rings. The van der Waals surface area contributed by atoms with Crippen molar-refractivity contribution in [3.05, 3.63) is 115 Å². The van der Waals surface area contributed by atoms with Crippen molar-refractivity contribution in [1.82, 2.24) is 4.90 Å². The molecular weight excluding hydrogens is 692 g/mol. The summed E-state index contributed by atoms with van der Waals surface area (Å²) >= 11 is 2.22. The number of ketones is 2. The Bertz CT molecular complexity index is 1700. The highest BCUT2D eigenvalue weighted by atomic mass is 127. The lowest BCUT2D eigenvalue weighted by Gasteiger charge is -2.49. The number of rotatable bonds is 8. The van der Waals surface area contributed by atoms with Crippen LogP contribution in [0.25, 0.3) is 0 Å². The van der Waals surface area contributed by atoms with E-state index in [1.807, 2.05) is 37.3 Å². The zero-order chi connectivity index (χ0) is 32.8. The second-order valence-corrected chi connectivity index (χ2v) is 15.4. The fourth-order valence-corrected chi connectivity index (χ4v) is 8.04. The molecule has 0 unspecified atom stereocenters. The van der Waals surface area contributed by atoms with Gasteiger partial charge in [0.15, 0.2) is 23.1 Å². The number of ether oxygens (including phenoxy) is 2. The Hall–Kier alpha value is -3.46. The first kappa shape index (κ1) is 32.5. The Kier molecular flexibility index (Phi) is 8.91. The minimum absolute atomic E-state index is 0.0473. The number of halogens is 2. The molecule has 0 atom stereocenters. The maximum absolute atomic E-state index is 14.4. The highest BCUT2D eigenvalue weighted by molar-refractivity contribution is 14.1. The van der Waals surface area contributed by atoms with E-state index in [1.54, 1.807) is 18.2 Å². The molecule has 5 nitrogen and oxygen atoms in total. The van der Waals surface area contributed by atoms with Gasteiger partial charge in [0.2, 0.25) is 0 Å². The molecule has 2 aliphatic carbocycles. The number of carbonyl (C=O) groups excluding carboxylic acids is 2. The third-order valence-corrected chi connectivity index (χ3v) is 10.0. The molecule has 0 spiro atoms. The van der Waals surface area contributed by atoms with Crippen molar-refractivity contribution < 1.29 is 23.5 Å². The van der Waals surface area contributed by atoms with Gasteiger partial charge in [-0.2, -0.15) is 0 Å². The van der Waals surface area contributed by atoms with Crippen LogP contribution in [0, 0.1) is 20.2 Å². The minimum Gasteiger partial charge on any atom is -0.490 e. The molecule has 0 saturated carbocycles. The highest BCUT2D eigenvalue weighted by Crippen LogP contribution is 2.55. The number of Topliss-reactive ketones (excluding diaryl/α,β-unsaturated/α-hetero) is 2. The van der Waals surface area contributed by atoms with Crippen molar-refractivity contribution in [2.24, 2.45) is 10.8 Å². The van der Waals surface area contributed by atoms with Crippen molar-refractivity contribution in [3.63, 3.8) is 0 Å². The van der Waals surface area contributed by atoms with Gasteiger partial charge in [0, 0.05) is 53.4 Å². The zero-order valence-electron chi connectivity index (χ0n) is 27.2. The summed E-state index contributed by atoms with van der Waals surface area (Å²) in [6.07, 6.45) is 2.32. The number of carbonyl (C=O) groups is 2. The van der Waals surface area contributed by atoms with Crippen LogP contribution >= 0.6 is 22.6 Å². The Balaban J connectivity index is 1.52. The summed E-state index contributed by atoms with van der Waals surface area (Å²) < 4.78 is 27.5. The summed E-state index contributed by atoms with van der Waals surface area (Å²) in [5.74, 6) is 0.386. The molecule has 0 bridgehead atoms. The molecule has 240 valence electrons. The molecule has 3 aromatic rings. The Morgan fingerprint density at radius 2 is 1.41 bits per heavy atom. The summed E-state index contributed by atoms with van der Waals surface area (Å²) in [5, 5.41) is 0. The lowest BCUT2D eigenvalue weighted by Crippen LogP contribution is -2.44. The quantitative estimate of drug-likeness (QED) is 0.216.